The Labute approximate surface area is 67.6 Å². The summed E-state index contributed by atoms with van der Waals surface area (Å²) in [5.41, 5.74) is 2.28. The van der Waals surface area contributed by atoms with E-state index in [1.807, 2.05) is 24.3 Å². The molecule has 10 heavy (non-hydrogen) atoms. The lowest BCUT2D eigenvalue weighted by molar-refractivity contribution is 1.33. The number of hydrogen-bond acceptors (Lipinski definition) is 0. The third-order valence-electron chi connectivity index (χ3n) is 1.41. The number of halogens is 1. The van der Waals surface area contributed by atoms with Crippen LogP contribution in [-0.2, 0) is 12.2 Å². The second-order valence-electron chi connectivity index (χ2n) is 2.15. The molecule has 50 valence electrons. The van der Waals surface area contributed by atoms with Crippen molar-refractivity contribution in [2.45, 2.75) is 12.2 Å². The van der Waals surface area contributed by atoms with Crippen molar-refractivity contribution in [2.75, 3.05) is 0 Å². The van der Waals surface area contributed by atoms with Crippen molar-refractivity contribution in [3.05, 3.63) is 35.4 Å². The molecule has 0 aliphatic rings. The van der Waals surface area contributed by atoms with Gasteiger partial charge in [-0.2, -0.15) is 0 Å². The highest BCUT2D eigenvalue weighted by molar-refractivity contribution is 6.17. The third kappa shape index (κ3) is 1.78. The first-order valence-corrected chi connectivity index (χ1v) is 3.74. The minimum absolute atomic E-state index is 0.574. The van der Waals surface area contributed by atoms with E-state index in [0.29, 0.717) is 12.2 Å². The van der Waals surface area contributed by atoms with Gasteiger partial charge in [-0.15, -0.1) is 11.6 Å². The van der Waals surface area contributed by atoms with Gasteiger partial charge < -0.3 is 0 Å². The molecule has 0 nitrogen and oxygen atoms in total. The van der Waals surface area contributed by atoms with E-state index in [-0.39, 0.29) is 0 Å². The Hall–Kier alpha value is -0.425. The molecule has 0 aromatic heterocycles. The smallest absolute Gasteiger partial charge is 0.0716 e. The Balaban J connectivity index is 2.80. The maximum Gasteiger partial charge on any atom is 0.0716 e. The van der Waals surface area contributed by atoms with E-state index in [1.165, 1.54) is 0 Å². The SMILES string of the molecule is [B]Cc1ccc(CCl)cc1. The summed E-state index contributed by atoms with van der Waals surface area (Å²) in [7, 11) is 5.41. The van der Waals surface area contributed by atoms with Gasteiger partial charge in [0.1, 0.15) is 0 Å². The lowest BCUT2D eigenvalue weighted by atomic mass is 9.96. The summed E-state index contributed by atoms with van der Waals surface area (Å²) in [6, 6.07) is 7.99. The highest BCUT2D eigenvalue weighted by atomic mass is 35.5. The lowest BCUT2D eigenvalue weighted by Crippen LogP contribution is -1.83. The van der Waals surface area contributed by atoms with Crippen molar-refractivity contribution >= 4 is 19.4 Å². The Bertz CT molecular complexity index is 170. The number of rotatable bonds is 2. The van der Waals surface area contributed by atoms with Crippen LogP contribution in [0.3, 0.4) is 0 Å². The minimum atomic E-state index is 0.574. The van der Waals surface area contributed by atoms with Gasteiger partial charge in [-0.05, 0) is 5.56 Å². The summed E-state index contributed by atoms with van der Waals surface area (Å²) in [5, 5.41) is 0. The topological polar surface area (TPSA) is 0 Å². The van der Waals surface area contributed by atoms with Gasteiger partial charge in [-0.25, -0.2) is 0 Å². The van der Waals surface area contributed by atoms with Crippen LogP contribution in [0.25, 0.3) is 0 Å². The molecule has 0 unspecified atom stereocenters. The van der Waals surface area contributed by atoms with Gasteiger partial charge in [0.15, 0.2) is 0 Å². The Morgan fingerprint density at radius 1 is 1.10 bits per heavy atom. The molecule has 2 radical (unpaired) electrons. The number of hydrogen-bond donors (Lipinski definition) is 0. The molecule has 0 fully saturated rings. The lowest BCUT2D eigenvalue weighted by Gasteiger charge is -1.96. The minimum Gasteiger partial charge on any atom is -0.122 e. The van der Waals surface area contributed by atoms with Crippen LogP contribution >= 0.6 is 11.6 Å². The molecular weight excluding hydrogens is 142 g/mol. The summed E-state index contributed by atoms with van der Waals surface area (Å²) in [5.74, 6) is 0.574. The van der Waals surface area contributed by atoms with Crippen molar-refractivity contribution in [1.82, 2.24) is 0 Å². The van der Waals surface area contributed by atoms with Gasteiger partial charge in [0.25, 0.3) is 0 Å². The van der Waals surface area contributed by atoms with E-state index in [1.54, 1.807) is 0 Å². The second-order valence-corrected chi connectivity index (χ2v) is 2.42. The molecule has 0 heterocycles. The summed E-state index contributed by atoms with van der Waals surface area (Å²) in [6.45, 7) is 0. The summed E-state index contributed by atoms with van der Waals surface area (Å²) in [6.07, 6.45) is 0.600. The van der Waals surface area contributed by atoms with Crippen molar-refractivity contribution in [3.63, 3.8) is 0 Å². The van der Waals surface area contributed by atoms with Crippen LogP contribution in [0.15, 0.2) is 24.3 Å². The van der Waals surface area contributed by atoms with Crippen LogP contribution in [0.1, 0.15) is 11.1 Å². The molecule has 0 aliphatic heterocycles. The van der Waals surface area contributed by atoms with Crippen LogP contribution in [0.2, 0.25) is 0 Å². The molecule has 0 saturated carbocycles. The highest BCUT2D eigenvalue weighted by Crippen LogP contribution is 2.05. The van der Waals surface area contributed by atoms with E-state index in [0.717, 1.165) is 11.1 Å². The Morgan fingerprint density at radius 2 is 1.60 bits per heavy atom. The summed E-state index contributed by atoms with van der Waals surface area (Å²) in [4.78, 5) is 0. The normalized spacial score (nSPS) is 9.70. The first kappa shape index (κ1) is 7.68. The fourth-order valence-corrected chi connectivity index (χ4v) is 0.943. The van der Waals surface area contributed by atoms with Crippen LogP contribution in [0, 0.1) is 0 Å². The van der Waals surface area contributed by atoms with E-state index in [2.05, 4.69) is 0 Å². The Morgan fingerprint density at radius 3 is 2.00 bits per heavy atom. The third-order valence-corrected chi connectivity index (χ3v) is 1.72. The predicted molar refractivity (Wildman–Crippen MR) is 45.5 cm³/mol. The van der Waals surface area contributed by atoms with Gasteiger partial charge in [0.05, 0.1) is 7.85 Å². The summed E-state index contributed by atoms with van der Waals surface area (Å²) >= 11 is 5.59. The molecule has 1 aromatic rings. The molecule has 0 saturated heterocycles. The highest BCUT2D eigenvalue weighted by Gasteiger charge is 1.89. The molecule has 0 spiro atoms. The maximum atomic E-state index is 5.59. The van der Waals surface area contributed by atoms with E-state index < -0.39 is 0 Å². The van der Waals surface area contributed by atoms with Gasteiger partial charge >= 0.3 is 0 Å². The first-order valence-electron chi connectivity index (χ1n) is 3.20. The molecule has 0 atom stereocenters. The predicted octanol–water partition coefficient (Wildman–Crippen LogP) is 2.09. The molecule has 2 heteroatoms. The fraction of sp³-hybridized carbons (Fsp3) is 0.250. The zero-order valence-electron chi connectivity index (χ0n) is 5.68. The number of benzene rings is 1. The molecule has 0 bridgehead atoms. The van der Waals surface area contributed by atoms with Crippen LogP contribution < -0.4 is 0 Å². The van der Waals surface area contributed by atoms with Gasteiger partial charge in [-0.3, -0.25) is 0 Å². The monoisotopic (exact) mass is 150 g/mol. The van der Waals surface area contributed by atoms with Gasteiger partial charge in [0, 0.05) is 5.88 Å². The first-order chi connectivity index (χ1) is 4.86. The molecule has 0 amide bonds. The van der Waals surface area contributed by atoms with E-state index in [9.17, 15) is 0 Å². The maximum absolute atomic E-state index is 5.59. The van der Waals surface area contributed by atoms with Crippen LogP contribution in [-0.4, -0.2) is 7.85 Å². The second kappa shape index (κ2) is 3.67. The van der Waals surface area contributed by atoms with Crippen LogP contribution in [0.4, 0.5) is 0 Å². The molecule has 1 rings (SSSR count). The van der Waals surface area contributed by atoms with Gasteiger partial charge in [0.2, 0.25) is 0 Å². The summed E-state index contributed by atoms with van der Waals surface area (Å²) < 4.78 is 0. The quantitative estimate of drug-likeness (QED) is 0.447. The standard InChI is InChI=1S/C8H8BCl/c9-5-7-1-3-8(6-10)4-2-7/h1-4H,5-6H2. The molecule has 0 N–H and O–H groups in total. The van der Waals surface area contributed by atoms with Crippen molar-refractivity contribution < 1.29 is 0 Å². The zero-order chi connectivity index (χ0) is 7.40. The van der Waals surface area contributed by atoms with E-state index in [4.69, 9.17) is 19.4 Å². The molecule has 0 aliphatic carbocycles. The molecule has 1 aromatic carbocycles. The molecular formula is C8H8BCl. The average Bonchev–Trinajstić information content (AvgIpc) is 2.05. The van der Waals surface area contributed by atoms with Crippen molar-refractivity contribution in [3.8, 4) is 0 Å². The number of alkyl halides is 1. The fourth-order valence-electron chi connectivity index (χ4n) is 0.764. The average molecular weight is 150 g/mol. The van der Waals surface area contributed by atoms with Crippen LogP contribution in [0.5, 0.6) is 0 Å². The zero-order valence-corrected chi connectivity index (χ0v) is 6.43. The largest absolute Gasteiger partial charge is 0.122 e. The van der Waals surface area contributed by atoms with Crippen molar-refractivity contribution in [2.24, 2.45) is 0 Å². The van der Waals surface area contributed by atoms with Gasteiger partial charge in [-0.1, -0.05) is 36.1 Å². The van der Waals surface area contributed by atoms with E-state index >= 15 is 0 Å². The van der Waals surface area contributed by atoms with Crippen molar-refractivity contribution in [1.29, 1.82) is 0 Å². The Kier molecular flexibility index (Phi) is 2.82.